The lowest BCUT2D eigenvalue weighted by molar-refractivity contribution is 0.347. The lowest BCUT2D eigenvalue weighted by atomic mass is 9.83. The molecular formula is C11H16BrNS. The molecule has 2 atom stereocenters. The Hall–Kier alpha value is 0.140. The van der Waals surface area contributed by atoms with E-state index in [1.54, 1.807) is 0 Å². The van der Waals surface area contributed by atoms with Gasteiger partial charge in [-0.15, -0.1) is 11.3 Å². The van der Waals surface area contributed by atoms with Crippen LogP contribution in [0.1, 0.15) is 36.5 Å². The van der Waals surface area contributed by atoms with E-state index in [1.165, 1.54) is 35.0 Å². The first-order valence-corrected chi connectivity index (χ1v) is 6.90. The zero-order valence-corrected chi connectivity index (χ0v) is 10.8. The quantitative estimate of drug-likeness (QED) is 0.866. The molecule has 0 aromatic carbocycles. The van der Waals surface area contributed by atoms with Crippen molar-refractivity contribution in [2.45, 2.75) is 37.6 Å². The van der Waals surface area contributed by atoms with Gasteiger partial charge < -0.3 is 5.32 Å². The highest BCUT2D eigenvalue weighted by molar-refractivity contribution is 9.10. The number of rotatable bonds is 2. The Balaban J connectivity index is 2.19. The number of hydrogen-bond acceptors (Lipinski definition) is 2. The molecule has 1 aliphatic carbocycles. The van der Waals surface area contributed by atoms with E-state index < -0.39 is 0 Å². The molecule has 1 nitrogen and oxygen atoms in total. The number of hydrogen-bond donors (Lipinski definition) is 1. The maximum atomic E-state index is 3.64. The van der Waals surface area contributed by atoms with E-state index in [0.29, 0.717) is 6.04 Å². The van der Waals surface area contributed by atoms with Gasteiger partial charge in [-0.25, -0.2) is 0 Å². The van der Waals surface area contributed by atoms with Gasteiger partial charge in [0.1, 0.15) is 0 Å². The molecule has 78 valence electrons. The summed E-state index contributed by atoms with van der Waals surface area (Å²) in [4.78, 5) is 1.53. The predicted octanol–water partition coefficient (Wildman–Crippen LogP) is 3.76. The van der Waals surface area contributed by atoms with Gasteiger partial charge in [0.05, 0.1) is 0 Å². The van der Waals surface area contributed by atoms with Crippen LogP contribution in [0.15, 0.2) is 15.9 Å². The lowest BCUT2D eigenvalue weighted by Crippen LogP contribution is -2.34. The Morgan fingerprint density at radius 2 is 2.21 bits per heavy atom. The molecule has 1 aromatic heterocycles. The van der Waals surface area contributed by atoms with Crippen molar-refractivity contribution in [2.24, 2.45) is 0 Å². The van der Waals surface area contributed by atoms with Crippen molar-refractivity contribution in [3.05, 3.63) is 20.8 Å². The summed E-state index contributed by atoms with van der Waals surface area (Å²) in [5.41, 5.74) is 0. The molecule has 2 unspecified atom stereocenters. The standard InChI is InChI=1S/C11H16BrNS/c1-13-10-5-3-2-4-8(10)11-9(12)6-7-14-11/h6-8,10,13H,2-5H2,1H3. The van der Waals surface area contributed by atoms with Crippen molar-refractivity contribution < 1.29 is 0 Å². The third-order valence-electron chi connectivity index (χ3n) is 3.12. The van der Waals surface area contributed by atoms with Crippen molar-refractivity contribution in [3.63, 3.8) is 0 Å². The SMILES string of the molecule is CNC1CCCCC1c1sccc1Br. The van der Waals surface area contributed by atoms with E-state index in [0.717, 1.165) is 5.92 Å². The number of likely N-dealkylation sites (N-methyl/N-ethyl adjacent to an activating group) is 1. The van der Waals surface area contributed by atoms with Gasteiger partial charge in [0, 0.05) is 21.3 Å². The highest BCUT2D eigenvalue weighted by atomic mass is 79.9. The van der Waals surface area contributed by atoms with Crippen molar-refractivity contribution in [2.75, 3.05) is 7.05 Å². The lowest BCUT2D eigenvalue weighted by Gasteiger charge is -2.30. The van der Waals surface area contributed by atoms with E-state index in [9.17, 15) is 0 Å². The fourth-order valence-corrected chi connectivity index (χ4v) is 4.23. The maximum absolute atomic E-state index is 3.64. The van der Waals surface area contributed by atoms with Crippen LogP contribution in [-0.2, 0) is 0 Å². The monoisotopic (exact) mass is 273 g/mol. The Bertz CT molecular complexity index is 297. The first kappa shape index (κ1) is 10.7. The fourth-order valence-electron chi connectivity index (χ4n) is 2.36. The molecule has 0 saturated heterocycles. The Kier molecular flexibility index (Phi) is 3.63. The first-order valence-electron chi connectivity index (χ1n) is 5.23. The summed E-state index contributed by atoms with van der Waals surface area (Å²) < 4.78 is 1.30. The second-order valence-electron chi connectivity index (χ2n) is 3.92. The van der Waals surface area contributed by atoms with Crippen LogP contribution in [0, 0.1) is 0 Å². The zero-order chi connectivity index (χ0) is 9.97. The van der Waals surface area contributed by atoms with Gasteiger partial charge in [-0.05, 0) is 47.3 Å². The molecule has 1 aromatic rings. The molecule has 1 heterocycles. The Morgan fingerprint density at radius 3 is 2.86 bits per heavy atom. The largest absolute Gasteiger partial charge is 0.316 e. The molecule has 0 radical (unpaired) electrons. The van der Waals surface area contributed by atoms with Crippen LogP contribution in [0.4, 0.5) is 0 Å². The summed E-state index contributed by atoms with van der Waals surface area (Å²) in [5, 5.41) is 5.64. The molecule has 3 heteroatoms. The summed E-state index contributed by atoms with van der Waals surface area (Å²) in [7, 11) is 2.09. The molecule has 0 amide bonds. The number of nitrogens with one attached hydrogen (secondary N) is 1. The normalized spacial score (nSPS) is 27.9. The molecule has 1 aliphatic rings. The van der Waals surface area contributed by atoms with Gasteiger partial charge in [0.15, 0.2) is 0 Å². The van der Waals surface area contributed by atoms with Gasteiger partial charge in [-0.1, -0.05) is 12.8 Å². The summed E-state index contributed by atoms with van der Waals surface area (Å²) in [6.45, 7) is 0. The van der Waals surface area contributed by atoms with Crippen molar-refractivity contribution in [1.82, 2.24) is 5.32 Å². The van der Waals surface area contributed by atoms with Crippen LogP contribution in [0.2, 0.25) is 0 Å². The van der Waals surface area contributed by atoms with Crippen LogP contribution in [0.25, 0.3) is 0 Å². The van der Waals surface area contributed by atoms with Gasteiger partial charge in [0.25, 0.3) is 0 Å². The third kappa shape index (κ3) is 2.05. The number of halogens is 1. The molecule has 1 fully saturated rings. The summed E-state index contributed by atoms with van der Waals surface area (Å²) in [6, 6.07) is 2.85. The molecule has 1 saturated carbocycles. The molecule has 2 rings (SSSR count). The van der Waals surface area contributed by atoms with Crippen LogP contribution in [0.5, 0.6) is 0 Å². The minimum Gasteiger partial charge on any atom is -0.316 e. The van der Waals surface area contributed by atoms with E-state index in [-0.39, 0.29) is 0 Å². The maximum Gasteiger partial charge on any atom is 0.0317 e. The van der Waals surface area contributed by atoms with E-state index in [1.807, 2.05) is 11.3 Å². The van der Waals surface area contributed by atoms with E-state index in [2.05, 4.69) is 39.7 Å². The van der Waals surface area contributed by atoms with Crippen LogP contribution < -0.4 is 5.32 Å². The fraction of sp³-hybridized carbons (Fsp3) is 0.636. The average Bonchev–Trinajstić information content (AvgIpc) is 2.64. The minimum absolute atomic E-state index is 0.679. The van der Waals surface area contributed by atoms with Crippen molar-refractivity contribution in [1.29, 1.82) is 0 Å². The predicted molar refractivity (Wildman–Crippen MR) is 66.1 cm³/mol. The Morgan fingerprint density at radius 1 is 1.43 bits per heavy atom. The van der Waals surface area contributed by atoms with Gasteiger partial charge in [0.2, 0.25) is 0 Å². The third-order valence-corrected chi connectivity index (χ3v) is 5.12. The molecule has 1 N–H and O–H groups in total. The van der Waals surface area contributed by atoms with Crippen LogP contribution >= 0.6 is 27.3 Å². The first-order chi connectivity index (χ1) is 6.83. The second kappa shape index (κ2) is 4.77. The van der Waals surface area contributed by atoms with Crippen molar-refractivity contribution >= 4 is 27.3 Å². The highest BCUT2D eigenvalue weighted by Crippen LogP contribution is 2.39. The Labute approximate surface area is 98.0 Å². The molecule has 0 bridgehead atoms. The summed E-state index contributed by atoms with van der Waals surface area (Å²) in [6.07, 6.45) is 5.42. The molecule has 0 spiro atoms. The van der Waals surface area contributed by atoms with Crippen LogP contribution in [-0.4, -0.2) is 13.1 Å². The molecular weight excluding hydrogens is 258 g/mol. The highest BCUT2D eigenvalue weighted by Gasteiger charge is 2.27. The summed E-state index contributed by atoms with van der Waals surface area (Å²) >= 11 is 5.53. The smallest absolute Gasteiger partial charge is 0.0317 e. The average molecular weight is 274 g/mol. The zero-order valence-electron chi connectivity index (χ0n) is 8.42. The van der Waals surface area contributed by atoms with Crippen molar-refractivity contribution in [3.8, 4) is 0 Å². The number of thiophene rings is 1. The van der Waals surface area contributed by atoms with Gasteiger partial charge >= 0.3 is 0 Å². The molecule has 0 aliphatic heterocycles. The molecule has 14 heavy (non-hydrogen) atoms. The second-order valence-corrected chi connectivity index (χ2v) is 5.72. The minimum atomic E-state index is 0.679. The summed E-state index contributed by atoms with van der Waals surface area (Å²) in [5.74, 6) is 0.725. The van der Waals surface area contributed by atoms with Crippen LogP contribution in [0.3, 0.4) is 0 Å². The topological polar surface area (TPSA) is 12.0 Å². The van der Waals surface area contributed by atoms with E-state index >= 15 is 0 Å². The van der Waals surface area contributed by atoms with Gasteiger partial charge in [-0.2, -0.15) is 0 Å². The van der Waals surface area contributed by atoms with Gasteiger partial charge in [-0.3, -0.25) is 0 Å². The van der Waals surface area contributed by atoms with E-state index in [4.69, 9.17) is 0 Å².